The highest BCUT2D eigenvalue weighted by Crippen LogP contribution is 2.31. The summed E-state index contributed by atoms with van der Waals surface area (Å²) in [6.07, 6.45) is 0. The van der Waals surface area contributed by atoms with Crippen LogP contribution < -0.4 is 14.0 Å². The Morgan fingerprint density at radius 1 is 0.528 bits per heavy atom. The van der Waals surface area contributed by atoms with E-state index in [4.69, 9.17) is 4.18 Å². The van der Waals surface area contributed by atoms with E-state index < -0.39 is 10.1 Å². The second-order valence-corrected chi connectivity index (χ2v) is 9.99. The molecule has 5 rings (SSSR count). The Labute approximate surface area is 211 Å². The smallest absolute Gasteiger partial charge is 0.339 e. The predicted octanol–water partition coefficient (Wildman–Crippen LogP) is 7.14. The summed E-state index contributed by atoms with van der Waals surface area (Å²) in [4.78, 5) is 4.32. The standard InChI is InChI=1S/C30H26N2O3S/c1-31(24-11-4-3-5-12-24)25-15-17-26(18-16-25)32(2)27-19-21-28(22-20-27)35-36(33,34)30-14-8-10-23-9-6-7-13-29(23)30/h3-22H,1-2H3. The van der Waals surface area contributed by atoms with Crippen LogP contribution in [0.2, 0.25) is 0 Å². The lowest BCUT2D eigenvalue weighted by Crippen LogP contribution is -2.12. The fraction of sp³-hybridized carbons (Fsp3) is 0.0667. The Balaban J connectivity index is 1.31. The van der Waals surface area contributed by atoms with Gasteiger partial charge in [0.15, 0.2) is 0 Å². The number of fused-ring (bicyclic) bond motifs is 1. The van der Waals surface area contributed by atoms with Gasteiger partial charge in [-0.3, -0.25) is 0 Å². The molecule has 0 saturated heterocycles. The molecule has 0 aliphatic carbocycles. The second kappa shape index (κ2) is 9.76. The van der Waals surface area contributed by atoms with Crippen LogP contribution in [-0.2, 0) is 10.1 Å². The third-order valence-corrected chi connectivity index (χ3v) is 7.52. The predicted molar refractivity (Wildman–Crippen MR) is 147 cm³/mol. The summed E-state index contributed by atoms with van der Waals surface area (Å²) in [6.45, 7) is 0. The van der Waals surface area contributed by atoms with Crippen molar-refractivity contribution in [2.45, 2.75) is 4.90 Å². The average molecular weight is 495 g/mol. The maximum Gasteiger partial charge on any atom is 0.339 e. The van der Waals surface area contributed by atoms with Crippen molar-refractivity contribution in [3.8, 4) is 5.75 Å². The lowest BCUT2D eigenvalue weighted by Gasteiger charge is -2.23. The maximum atomic E-state index is 13.0. The van der Waals surface area contributed by atoms with Crippen LogP contribution in [0, 0.1) is 0 Å². The molecule has 6 heteroatoms. The SMILES string of the molecule is CN(c1ccccc1)c1ccc(N(C)c2ccc(OS(=O)(=O)c3cccc4ccccc34)cc2)cc1. The van der Waals surface area contributed by atoms with Crippen LogP contribution in [0.3, 0.4) is 0 Å². The molecular formula is C30H26N2O3S. The van der Waals surface area contributed by atoms with E-state index in [1.807, 2.05) is 73.6 Å². The Morgan fingerprint density at radius 3 is 1.61 bits per heavy atom. The highest BCUT2D eigenvalue weighted by molar-refractivity contribution is 7.87. The number of hydrogen-bond donors (Lipinski definition) is 0. The van der Waals surface area contributed by atoms with Crippen molar-refractivity contribution >= 4 is 43.6 Å². The van der Waals surface area contributed by atoms with Crippen molar-refractivity contribution in [2.75, 3.05) is 23.9 Å². The fourth-order valence-corrected chi connectivity index (χ4v) is 5.31. The first kappa shape index (κ1) is 23.5. The van der Waals surface area contributed by atoms with Crippen molar-refractivity contribution in [3.63, 3.8) is 0 Å². The van der Waals surface area contributed by atoms with Crippen LogP contribution in [0.15, 0.2) is 126 Å². The van der Waals surface area contributed by atoms with E-state index in [1.165, 1.54) is 0 Å². The van der Waals surface area contributed by atoms with Gasteiger partial charge < -0.3 is 14.0 Å². The Bertz CT molecular complexity index is 1580. The van der Waals surface area contributed by atoms with E-state index in [9.17, 15) is 8.42 Å². The summed E-state index contributed by atoms with van der Waals surface area (Å²) in [5.74, 6) is 0.264. The zero-order chi connectivity index (χ0) is 25.1. The molecule has 0 bridgehead atoms. The molecule has 0 fully saturated rings. The van der Waals surface area contributed by atoms with Gasteiger partial charge in [-0.05, 0) is 72.1 Å². The Morgan fingerprint density at radius 2 is 1.00 bits per heavy atom. The van der Waals surface area contributed by atoms with Crippen LogP contribution in [-0.4, -0.2) is 22.5 Å². The molecule has 0 N–H and O–H groups in total. The Hall–Kier alpha value is -4.29. The van der Waals surface area contributed by atoms with Crippen LogP contribution in [0.1, 0.15) is 0 Å². The van der Waals surface area contributed by atoms with Gasteiger partial charge in [0, 0.05) is 42.2 Å². The second-order valence-electron chi connectivity index (χ2n) is 8.48. The van der Waals surface area contributed by atoms with Gasteiger partial charge >= 0.3 is 10.1 Å². The molecule has 5 aromatic carbocycles. The first-order chi connectivity index (χ1) is 17.4. The van der Waals surface area contributed by atoms with Crippen LogP contribution >= 0.6 is 0 Å². The third kappa shape index (κ3) is 4.76. The molecule has 0 amide bonds. The highest BCUT2D eigenvalue weighted by atomic mass is 32.2. The molecule has 5 aromatic rings. The summed E-state index contributed by atoms with van der Waals surface area (Å²) < 4.78 is 31.5. The molecule has 0 aliphatic heterocycles. The van der Waals surface area contributed by atoms with Gasteiger partial charge in [-0.1, -0.05) is 54.6 Å². The van der Waals surface area contributed by atoms with Gasteiger partial charge in [-0.25, -0.2) is 0 Å². The lowest BCUT2D eigenvalue weighted by atomic mass is 10.1. The molecule has 0 spiro atoms. The van der Waals surface area contributed by atoms with E-state index in [-0.39, 0.29) is 10.6 Å². The number of nitrogens with zero attached hydrogens (tertiary/aromatic N) is 2. The van der Waals surface area contributed by atoms with Crippen molar-refractivity contribution in [1.29, 1.82) is 0 Å². The van der Waals surface area contributed by atoms with Crippen molar-refractivity contribution in [2.24, 2.45) is 0 Å². The number of para-hydroxylation sites is 1. The number of benzene rings is 5. The number of rotatable bonds is 7. The molecule has 0 heterocycles. The minimum Gasteiger partial charge on any atom is -0.379 e. The van der Waals surface area contributed by atoms with E-state index >= 15 is 0 Å². The molecule has 0 atom stereocenters. The molecule has 0 aliphatic rings. The van der Waals surface area contributed by atoms with Crippen LogP contribution in [0.5, 0.6) is 5.75 Å². The van der Waals surface area contributed by atoms with Gasteiger partial charge in [0.1, 0.15) is 10.6 Å². The summed E-state index contributed by atoms with van der Waals surface area (Å²) in [5.41, 5.74) is 4.12. The molecule has 0 saturated carbocycles. The molecule has 36 heavy (non-hydrogen) atoms. The average Bonchev–Trinajstić information content (AvgIpc) is 2.93. The highest BCUT2D eigenvalue weighted by Gasteiger charge is 2.19. The minimum absolute atomic E-state index is 0.155. The van der Waals surface area contributed by atoms with Crippen molar-refractivity contribution in [3.05, 3.63) is 121 Å². The summed E-state index contributed by atoms with van der Waals surface area (Å²) in [5, 5.41) is 1.48. The summed E-state index contributed by atoms with van der Waals surface area (Å²) in [7, 11) is 0.0323. The quantitative estimate of drug-likeness (QED) is 0.225. The first-order valence-electron chi connectivity index (χ1n) is 11.6. The van der Waals surface area contributed by atoms with Crippen molar-refractivity contribution < 1.29 is 12.6 Å². The molecule has 5 nitrogen and oxygen atoms in total. The monoisotopic (exact) mass is 494 g/mol. The van der Waals surface area contributed by atoms with E-state index in [0.29, 0.717) is 5.39 Å². The van der Waals surface area contributed by atoms with Gasteiger partial charge in [0.05, 0.1) is 0 Å². The van der Waals surface area contributed by atoms with Gasteiger partial charge in [0.2, 0.25) is 0 Å². The summed E-state index contributed by atoms with van der Waals surface area (Å²) in [6, 6.07) is 38.0. The number of hydrogen-bond acceptors (Lipinski definition) is 5. The van der Waals surface area contributed by atoms with Crippen LogP contribution in [0.4, 0.5) is 22.7 Å². The maximum absolute atomic E-state index is 13.0. The Kier molecular flexibility index (Phi) is 6.36. The molecule has 180 valence electrons. The van der Waals surface area contributed by atoms with Crippen LogP contribution in [0.25, 0.3) is 10.8 Å². The first-order valence-corrected chi connectivity index (χ1v) is 13.0. The fourth-order valence-electron chi connectivity index (χ4n) is 4.16. The largest absolute Gasteiger partial charge is 0.379 e. The third-order valence-electron chi connectivity index (χ3n) is 6.22. The van der Waals surface area contributed by atoms with Gasteiger partial charge in [-0.2, -0.15) is 8.42 Å². The summed E-state index contributed by atoms with van der Waals surface area (Å²) >= 11 is 0. The molecule has 0 radical (unpaired) electrons. The molecular weight excluding hydrogens is 468 g/mol. The molecule has 0 unspecified atom stereocenters. The lowest BCUT2D eigenvalue weighted by molar-refractivity contribution is 0.487. The van der Waals surface area contributed by atoms with Gasteiger partial charge in [-0.15, -0.1) is 0 Å². The minimum atomic E-state index is -3.98. The topological polar surface area (TPSA) is 49.9 Å². The van der Waals surface area contributed by atoms with E-state index in [1.54, 1.807) is 30.3 Å². The van der Waals surface area contributed by atoms with E-state index in [2.05, 4.69) is 41.3 Å². The molecule has 0 aromatic heterocycles. The van der Waals surface area contributed by atoms with E-state index in [0.717, 1.165) is 28.1 Å². The van der Waals surface area contributed by atoms with Gasteiger partial charge in [0.25, 0.3) is 0 Å². The van der Waals surface area contributed by atoms with Crippen molar-refractivity contribution in [1.82, 2.24) is 0 Å². The normalized spacial score (nSPS) is 11.3. The zero-order valence-electron chi connectivity index (χ0n) is 20.1. The zero-order valence-corrected chi connectivity index (χ0v) is 20.9. The number of anilines is 4.